The minimum atomic E-state index is -0.942. The van der Waals surface area contributed by atoms with Crippen molar-refractivity contribution in [2.75, 3.05) is 11.9 Å². The van der Waals surface area contributed by atoms with Crippen LogP contribution in [-0.2, 0) is 20.7 Å². The summed E-state index contributed by atoms with van der Waals surface area (Å²) in [6.07, 6.45) is 5.27. The van der Waals surface area contributed by atoms with Gasteiger partial charge in [-0.15, -0.1) is 11.3 Å². The minimum Gasteiger partial charge on any atom is -0.481 e. The molecule has 2 bridgehead atoms. The lowest BCUT2D eigenvalue weighted by atomic mass is 9.82. The number of allylic oxidation sites excluding steroid dienone is 2. The van der Waals surface area contributed by atoms with Crippen LogP contribution >= 0.6 is 11.3 Å². The molecule has 7 heteroatoms. The SMILES string of the molecule is CCOC(=O)c1cc(CC)sc1NC(=O)[C@H]1[C@@H](C(=O)O)[C@H]2C=C[C@@H]1C2. The third-order valence-corrected chi connectivity index (χ3v) is 6.11. The number of fused-ring (bicyclic) bond motifs is 2. The molecule has 0 radical (unpaired) electrons. The lowest BCUT2D eigenvalue weighted by Gasteiger charge is -2.23. The number of carbonyl (C=O) groups excluding carboxylic acids is 2. The number of thiophene rings is 1. The highest BCUT2D eigenvalue weighted by Gasteiger charge is 2.51. The maximum absolute atomic E-state index is 12.8. The Morgan fingerprint density at radius 3 is 2.52 bits per heavy atom. The number of carbonyl (C=O) groups is 3. The van der Waals surface area contributed by atoms with Gasteiger partial charge in [0.25, 0.3) is 0 Å². The number of esters is 1. The van der Waals surface area contributed by atoms with Gasteiger partial charge in [-0.3, -0.25) is 9.59 Å². The predicted molar refractivity (Wildman–Crippen MR) is 93.6 cm³/mol. The molecule has 3 rings (SSSR count). The van der Waals surface area contributed by atoms with Crippen molar-refractivity contribution in [2.24, 2.45) is 23.7 Å². The zero-order valence-corrected chi connectivity index (χ0v) is 15.0. The number of nitrogens with one attached hydrogen (secondary N) is 1. The van der Waals surface area contributed by atoms with E-state index >= 15 is 0 Å². The fourth-order valence-electron chi connectivity index (χ4n) is 3.78. The van der Waals surface area contributed by atoms with Gasteiger partial charge in [0.15, 0.2) is 0 Å². The number of carboxylic acids is 1. The quantitative estimate of drug-likeness (QED) is 0.599. The van der Waals surface area contributed by atoms with E-state index in [-0.39, 0.29) is 24.3 Å². The van der Waals surface area contributed by atoms with Gasteiger partial charge in [0, 0.05) is 4.88 Å². The Labute approximate surface area is 149 Å². The molecule has 0 aromatic carbocycles. The molecule has 2 aliphatic rings. The summed E-state index contributed by atoms with van der Waals surface area (Å²) in [7, 11) is 0. The standard InChI is InChI=1S/C18H21NO5S/c1-3-11-8-12(18(23)24-4-2)16(25-11)19-15(20)13-9-5-6-10(7-9)14(13)17(21)22/h5-6,8-10,13-14H,3-4,7H2,1-2H3,(H,19,20)(H,21,22)/t9-,10+,13-,14+/m1/s1. The minimum absolute atomic E-state index is 0.0530. The van der Waals surface area contributed by atoms with Gasteiger partial charge in [-0.25, -0.2) is 4.79 Å². The van der Waals surface area contributed by atoms with Crippen LogP contribution in [0.1, 0.15) is 35.5 Å². The number of hydrogen-bond acceptors (Lipinski definition) is 5. The topological polar surface area (TPSA) is 92.7 Å². The third kappa shape index (κ3) is 3.20. The Kier molecular flexibility index (Phi) is 4.94. The van der Waals surface area contributed by atoms with E-state index in [2.05, 4.69) is 5.32 Å². The average molecular weight is 363 g/mol. The summed E-state index contributed by atoms with van der Waals surface area (Å²) >= 11 is 1.33. The van der Waals surface area contributed by atoms with Crippen molar-refractivity contribution in [1.29, 1.82) is 0 Å². The first-order valence-electron chi connectivity index (χ1n) is 8.48. The van der Waals surface area contributed by atoms with Gasteiger partial charge in [-0.05, 0) is 37.7 Å². The first kappa shape index (κ1) is 17.7. The lowest BCUT2D eigenvalue weighted by molar-refractivity contribution is -0.146. The zero-order chi connectivity index (χ0) is 18.1. The first-order valence-corrected chi connectivity index (χ1v) is 9.29. The molecule has 1 aromatic rings. The number of amides is 1. The fraction of sp³-hybridized carbons (Fsp3) is 0.500. The Morgan fingerprint density at radius 2 is 1.92 bits per heavy atom. The van der Waals surface area contributed by atoms with Gasteiger partial charge in [-0.1, -0.05) is 19.1 Å². The molecular formula is C18H21NO5S. The normalized spacial score (nSPS) is 26.6. The van der Waals surface area contributed by atoms with E-state index in [0.29, 0.717) is 17.0 Å². The van der Waals surface area contributed by atoms with Crippen LogP contribution in [0.4, 0.5) is 5.00 Å². The summed E-state index contributed by atoms with van der Waals surface area (Å²) in [6, 6.07) is 1.73. The molecule has 25 heavy (non-hydrogen) atoms. The van der Waals surface area contributed by atoms with Crippen molar-refractivity contribution in [3.8, 4) is 0 Å². The molecule has 1 heterocycles. The van der Waals surface area contributed by atoms with Gasteiger partial charge >= 0.3 is 11.9 Å². The predicted octanol–water partition coefficient (Wildman–Crippen LogP) is 2.95. The van der Waals surface area contributed by atoms with E-state index in [0.717, 1.165) is 11.3 Å². The van der Waals surface area contributed by atoms with E-state index in [1.807, 2.05) is 19.1 Å². The number of anilines is 1. The van der Waals surface area contributed by atoms with Gasteiger partial charge in [0.05, 0.1) is 24.0 Å². The highest BCUT2D eigenvalue weighted by Crippen LogP contribution is 2.48. The maximum Gasteiger partial charge on any atom is 0.341 e. The number of rotatable bonds is 6. The molecule has 1 aromatic heterocycles. The van der Waals surface area contributed by atoms with Gasteiger partial charge < -0.3 is 15.2 Å². The van der Waals surface area contributed by atoms with Crippen LogP contribution in [0.2, 0.25) is 0 Å². The lowest BCUT2D eigenvalue weighted by Crippen LogP contribution is -2.36. The summed E-state index contributed by atoms with van der Waals surface area (Å²) in [5, 5.41) is 12.7. The molecule has 0 unspecified atom stereocenters. The number of carboxylic acid groups (broad SMARTS) is 1. The monoisotopic (exact) mass is 363 g/mol. The molecule has 0 aliphatic heterocycles. The highest BCUT2D eigenvalue weighted by atomic mass is 32.1. The summed E-state index contributed by atoms with van der Waals surface area (Å²) in [5.74, 6) is -3.19. The summed E-state index contributed by atoms with van der Waals surface area (Å²) in [5.41, 5.74) is 0.336. The van der Waals surface area contributed by atoms with Crippen LogP contribution in [0.15, 0.2) is 18.2 Å². The molecule has 1 saturated carbocycles. The second kappa shape index (κ2) is 7.00. The number of hydrogen-bond donors (Lipinski definition) is 2. The van der Waals surface area contributed by atoms with Crippen molar-refractivity contribution in [3.63, 3.8) is 0 Å². The fourth-order valence-corrected chi connectivity index (χ4v) is 4.77. The number of aryl methyl sites for hydroxylation is 1. The van der Waals surface area contributed by atoms with E-state index in [4.69, 9.17) is 4.74 Å². The van der Waals surface area contributed by atoms with Crippen molar-refractivity contribution in [3.05, 3.63) is 28.7 Å². The molecule has 1 amide bonds. The smallest absolute Gasteiger partial charge is 0.341 e. The van der Waals surface area contributed by atoms with E-state index in [1.54, 1.807) is 13.0 Å². The Bertz CT molecular complexity index is 738. The van der Waals surface area contributed by atoms with Crippen LogP contribution in [-0.4, -0.2) is 29.6 Å². The summed E-state index contributed by atoms with van der Waals surface area (Å²) in [4.78, 5) is 37.5. The van der Waals surface area contributed by atoms with E-state index in [1.165, 1.54) is 11.3 Å². The van der Waals surface area contributed by atoms with Crippen molar-refractivity contribution < 1.29 is 24.2 Å². The molecule has 2 N–H and O–H groups in total. The van der Waals surface area contributed by atoms with Crippen LogP contribution in [0, 0.1) is 23.7 Å². The second-order valence-electron chi connectivity index (χ2n) is 6.36. The number of aliphatic carboxylic acids is 1. The third-order valence-electron chi connectivity index (χ3n) is 4.91. The van der Waals surface area contributed by atoms with Gasteiger partial charge in [0.1, 0.15) is 5.00 Å². The van der Waals surface area contributed by atoms with Gasteiger partial charge in [-0.2, -0.15) is 0 Å². The van der Waals surface area contributed by atoms with E-state index < -0.39 is 23.8 Å². The van der Waals surface area contributed by atoms with Crippen LogP contribution in [0.3, 0.4) is 0 Å². The zero-order valence-electron chi connectivity index (χ0n) is 14.2. The van der Waals surface area contributed by atoms with Crippen LogP contribution < -0.4 is 5.32 Å². The Balaban J connectivity index is 1.83. The molecule has 0 saturated heterocycles. The average Bonchev–Trinajstić information content (AvgIpc) is 3.28. The maximum atomic E-state index is 12.8. The van der Waals surface area contributed by atoms with Crippen molar-refractivity contribution >= 4 is 34.2 Å². The van der Waals surface area contributed by atoms with Gasteiger partial charge in [0.2, 0.25) is 5.91 Å². The molecule has 2 aliphatic carbocycles. The largest absolute Gasteiger partial charge is 0.481 e. The Morgan fingerprint density at radius 1 is 1.24 bits per heavy atom. The molecule has 134 valence electrons. The van der Waals surface area contributed by atoms with Crippen molar-refractivity contribution in [2.45, 2.75) is 26.7 Å². The highest BCUT2D eigenvalue weighted by molar-refractivity contribution is 7.16. The van der Waals surface area contributed by atoms with Crippen LogP contribution in [0.5, 0.6) is 0 Å². The summed E-state index contributed by atoms with van der Waals surface area (Å²) < 4.78 is 5.05. The molecule has 4 atom stereocenters. The molecule has 6 nitrogen and oxygen atoms in total. The molecule has 1 fully saturated rings. The molecular weight excluding hydrogens is 342 g/mol. The van der Waals surface area contributed by atoms with Crippen molar-refractivity contribution in [1.82, 2.24) is 0 Å². The van der Waals surface area contributed by atoms with Crippen LogP contribution in [0.25, 0.3) is 0 Å². The first-order chi connectivity index (χ1) is 12.0. The second-order valence-corrected chi connectivity index (χ2v) is 7.49. The number of ether oxygens (including phenoxy) is 1. The Hall–Kier alpha value is -2.15. The molecule has 0 spiro atoms. The van der Waals surface area contributed by atoms with E-state index in [9.17, 15) is 19.5 Å². The summed E-state index contributed by atoms with van der Waals surface area (Å²) in [6.45, 7) is 3.94.